The minimum Gasteiger partial charge on any atom is -0.510 e. The predicted octanol–water partition coefficient (Wildman–Crippen LogP) is 5.30. The topological polar surface area (TPSA) is 89.3 Å². The van der Waals surface area contributed by atoms with Crippen molar-refractivity contribution in [1.29, 1.82) is 5.41 Å². The number of amidine groups is 1. The molecule has 0 bridgehead atoms. The fourth-order valence-electron chi connectivity index (χ4n) is 3.81. The molecule has 1 aromatic heterocycles. The molecule has 1 aliphatic rings. The molecule has 0 fully saturated rings. The van der Waals surface area contributed by atoms with Crippen molar-refractivity contribution < 1.29 is 9.90 Å². The number of nitrogens with zero attached hydrogens (tertiary/aromatic N) is 2. The van der Waals surface area contributed by atoms with Gasteiger partial charge in [-0.05, 0) is 42.8 Å². The first-order valence-electron chi connectivity index (χ1n) is 10.6. The van der Waals surface area contributed by atoms with Gasteiger partial charge in [0.15, 0.2) is 0 Å². The Kier molecular flexibility index (Phi) is 5.40. The zero-order valence-electron chi connectivity index (χ0n) is 18.0. The summed E-state index contributed by atoms with van der Waals surface area (Å²) in [6, 6.07) is 22.9. The van der Waals surface area contributed by atoms with Gasteiger partial charge in [-0.1, -0.05) is 48.0 Å². The van der Waals surface area contributed by atoms with Gasteiger partial charge in [0.2, 0.25) is 0 Å². The van der Waals surface area contributed by atoms with Gasteiger partial charge >= 0.3 is 0 Å². The van der Waals surface area contributed by atoms with E-state index < -0.39 is 0 Å². The first-order valence-corrected chi connectivity index (χ1v) is 11.4. The van der Waals surface area contributed by atoms with E-state index in [4.69, 9.17) is 5.41 Å². The summed E-state index contributed by atoms with van der Waals surface area (Å²) in [4.78, 5) is 19.0. The molecule has 7 heteroatoms. The van der Waals surface area contributed by atoms with Gasteiger partial charge < -0.3 is 15.3 Å². The van der Waals surface area contributed by atoms with E-state index in [9.17, 15) is 9.90 Å². The van der Waals surface area contributed by atoms with E-state index in [1.54, 1.807) is 23.1 Å². The van der Waals surface area contributed by atoms with Crippen LogP contribution in [0.1, 0.15) is 26.5 Å². The number of carbonyl (C=O) groups excluding carboxylic acids is 1. The van der Waals surface area contributed by atoms with E-state index in [1.807, 2.05) is 61.5 Å². The molecular formula is C26H22N4O2S. The third kappa shape index (κ3) is 4.10. The maximum atomic E-state index is 12.7. The number of para-hydroxylation sites is 1. The Morgan fingerprint density at radius 2 is 1.91 bits per heavy atom. The average Bonchev–Trinajstić information content (AvgIpc) is 3.38. The number of aliphatic hydroxyl groups excluding tert-OH is 1. The molecule has 0 saturated carbocycles. The molecule has 0 unspecified atom stereocenters. The Morgan fingerprint density at radius 1 is 1.12 bits per heavy atom. The summed E-state index contributed by atoms with van der Waals surface area (Å²) in [6.07, 6.45) is 0. The number of aliphatic hydroxyl groups is 1. The second-order valence-corrected chi connectivity index (χ2v) is 8.99. The number of rotatable bonds is 5. The van der Waals surface area contributed by atoms with Crippen LogP contribution in [0, 0.1) is 12.3 Å². The van der Waals surface area contributed by atoms with Gasteiger partial charge in [-0.3, -0.25) is 10.2 Å². The monoisotopic (exact) mass is 454 g/mol. The minimum atomic E-state index is -0.188. The summed E-state index contributed by atoms with van der Waals surface area (Å²) in [5.41, 5.74) is 4.65. The molecule has 164 valence electrons. The van der Waals surface area contributed by atoms with Gasteiger partial charge in [0.1, 0.15) is 16.6 Å². The first kappa shape index (κ1) is 20.9. The highest BCUT2D eigenvalue weighted by atomic mass is 32.1. The second kappa shape index (κ2) is 8.52. The number of fused-ring (bicyclic) bond motifs is 1. The second-order valence-electron chi connectivity index (χ2n) is 7.96. The third-order valence-corrected chi connectivity index (χ3v) is 6.66. The fraction of sp³-hybridized carbons (Fsp3) is 0.115. The van der Waals surface area contributed by atoms with E-state index >= 15 is 0 Å². The predicted molar refractivity (Wildman–Crippen MR) is 133 cm³/mol. The van der Waals surface area contributed by atoms with Gasteiger partial charge in [0.25, 0.3) is 5.91 Å². The standard InChI is InChI=1S/C26H22N4O2S/c1-16-9-11-17(12-10-16)14-28-25(32)18-5-4-6-19(13-18)30-15-21(31)23(24(30)27)26-29-20-7-2-3-8-22(20)33-26/h2-13,27,31H,14-15H2,1H3,(H,28,32). The molecule has 2 heterocycles. The van der Waals surface area contributed by atoms with Crippen LogP contribution in [0.3, 0.4) is 0 Å². The maximum absolute atomic E-state index is 12.7. The maximum Gasteiger partial charge on any atom is 0.251 e. The number of aromatic nitrogens is 1. The molecule has 0 aliphatic carbocycles. The summed E-state index contributed by atoms with van der Waals surface area (Å²) in [5, 5.41) is 22.9. The summed E-state index contributed by atoms with van der Waals surface area (Å²) in [7, 11) is 0. The van der Waals surface area contributed by atoms with Crippen molar-refractivity contribution in [2.75, 3.05) is 11.4 Å². The number of carbonyl (C=O) groups is 1. The molecule has 5 rings (SSSR count). The number of aryl methyl sites for hydroxylation is 1. The van der Waals surface area contributed by atoms with Crippen LogP contribution in [-0.4, -0.2) is 28.4 Å². The number of thiazole rings is 1. The lowest BCUT2D eigenvalue weighted by Gasteiger charge is -2.19. The summed E-state index contributed by atoms with van der Waals surface area (Å²) in [5.74, 6) is 0.0868. The Labute approximate surface area is 195 Å². The van der Waals surface area contributed by atoms with Crippen molar-refractivity contribution in [3.8, 4) is 0 Å². The molecule has 0 radical (unpaired) electrons. The summed E-state index contributed by atoms with van der Waals surface area (Å²) >= 11 is 1.45. The van der Waals surface area contributed by atoms with E-state index in [-0.39, 0.29) is 24.0 Å². The van der Waals surface area contributed by atoms with Crippen LogP contribution in [0.25, 0.3) is 15.8 Å². The number of hydrogen-bond acceptors (Lipinski definition) is 5. The molecule has 3 N–H and O–H groups in total. The van der Waals surface area contributed by atoms with Crippen molar-refractivity contribution in [1.82, 2.24) is 10.3 Å². The number of nitrogens with one attached hydrogen (secondary N) is 2. The molecule has 0 spiro atoms. The lowest BCUT2D eigenvalue weighted by atomic mass is 10.1. The Balaban J connectivity index is 1.34. The van der Waals surface area contributed by atoms with Gasteiger partial charge in [-0.2, -0.15) is 0 Å². The van der Waals surface area contributed by atoms with Gasteiger partial charge in [0.05, 0.1) is 22.3 Å². The van der Waals surface area contributed by atoms with Crippen molar-refractivity contribution in [2.24, 2.45) is 0 Å². The SMILES string of the molecule is Cc1ccc(CNC(=O)c2cccc(N3CC(O)=C(c4nc5ccccc5s4)C3=N)c2)cc1. The van der Waals surface area contributed by atoms with Gasteiger partial charge in [-0.15, -0.1) is 11.3 Å². The van der Waals surface area contributed by atoms with E-state index in [1.165, 1.54) is 16.9 Å². The molecule has 3 aromatic carbocycles. The van der Waals surface area contributed by atoms with E-state index in [2.05, 4.69) is 10.3 Å². The molecule has 33 heavy (non-hydrogen) atoms. The van der Waals surface area contributed by atoms with Crippen LogP contribution in [0.15, 0.2) is 78.6 Å². The summed E-state index contributed by atoms with van der Waals surface area (Å²) in [6.45, 7) is 2.63. The fourth-order valence-corrected chi connectivity index (χ4v) is 4.84. The van der Waals surface area contributed by atoms with Crippen molar-refractivity contribution >= 4 is 44.6 Å². The number of benzene rings is 3. The van der Waals surface area contributed by atoms with Gasteiger partial charge in [-0.25, -0.2) is 4.98 Å². The molecule has 1 amide bonds. The zero-order valence-corrected chi connectivity index (χ0v) is 18.8. The first-order chi connectivity index (χ1) is 16.0. The molecular weight excluding hydrogens is 432 g/mol. The van der Waals surface area contributed by atoms with Crippen LogP contribution >= 0.6 is 11.3 Å². The van der Waals surface area contributed by atoms with Gasteiger partial charge in [0, 0.05) is 17.8 Å². The molecule has 6 nitrogen and oxygen atoms in total. The van der Waals surface area contributed by atoms with Crippen molar-refractivity contribution in [2.45, 2.75) is 13.5 Å². The van der Waals surface area contributed by atoms with Crippen LogP contribution in [0.5, 0.6) is 0 Å². The Bertz CT molecular complexity index is 1370. The van der Waals surface area contributed by atoms with Crippen LogP contribution in [0.2, 0.25) is 0 Å². The lowest BCUT2D eigenvalue weighted by Crippen LogP contribution is -2.27. The van der Waals surface area contributed by atoms with Crippen LogP contribution in [-0.2, 0) is 6.54 Å². The number of hydrogen-bond donors (Lipinski definition) is 3. The summed E-state index contributed by atoms with van der Waals surface area (Å²) < 4.78 is 1.01. The third-order valence-electron chi connectivity index (χ3n) is 5.60. The molecule has 1 aliphatic heterocycles. The number of anilines is 1. The highest BCUT2D eigenvalue weighted by Gasteiger charge is 2.31. The quantitative estimate of drug-likeness (QED) is 0.382. The molecule has 4 aromatic rings. The van der Waals surface area contributed by atoms with Crippen LogP contribution < -0.4 is 10.2 Å². The minimum absolute atomic E-state index is 0.105. The normalized spacial score (nSPS) is 13.7. The lowest BCUT2D eigenvalue weighted by molar-refractivity contribution is 0.0951. The van der Waals surface area contributed by atoms with Crippen LogP contribution in [0.4, 0.5) is 5.69 Å². The zero-order chi connectivity index (χ0) is 22.9. The molecule has 0 saturated heterocycles. The smallest absolute Gasteiger partial charge is 0.251 e. The molecule has 0 atom stereocenters. The highest BCUT2D eigenvalue weighted by molar-refractivity contribution is 7.19. The highest BCUT2D eigenvalue weighted by Crippen LogP contribution is 2.35. The van der Waals surface area contributed by atoms with Crippen molar-refractivity contribution in [3.63, 3.8) is 0 Å². The largest absolute Gasteiger partial charge is 0.510 e. The van der Waals surface area contributed by atoms with E-state index in [0.29, 0.717) is 28.4 Å². The van der Waals surface area contributed by atoms with E-state index in [0.717, 1.165) is 15.8 Å². The number of amides is 1. The Morgan fingerprint density at radius 3 is 2.70 bits per heavy atom. The Hall–Kier alpha value is -3.97. The average molecular weight is 455 g/mol. The van der Waals surface area contributed by atoms with Crippen molar-refractivity contribution in [3.05, 3.63) is 100 Å².